The summed E-state index contributed by atoms with van der Waals surface area (Å²) in [5.74, 6) is -1.38. The van der Waals surface area contributed by atoms with Crippen molar-refractivity contribution < 1.29 is 98.2 Å². The first kappa shape index (κ1) is 68.6. The highest BCUT2D eigenvalue weighted by Crippen LogP contribution is 2.38. The van der Waals surface area contributed by atoms with Gasteiger partial charge in [0.05, 0.1) is 47.6 Å². The molecule has 0 fully saturated rings. The van der Waals surface area contributed by atoms with Crippen LogP contribution < -0.4 is 0 Å². The van der Waals surface area contributed by atoms with Crippen molar-refractivity contribution in [3.63, 3.8) is 0 Å². The molecule has 2 aromatic carbocycles. The Labute approximate surface area is 391 Å². The number of nitrogens with zero attached hydrogens (tertiary/aromatic N) is 2. The lowest BCUT2D eigenvalue weighted by Gasteiger charge is -2.29. The van der Waals surface area contributed by atoms with Gasteiger partial charge in [-0.25, -0.2) is 16.8 Å². The van der Waals surface area contributed by atoms with Crippen LogP contribution in [0, 0.1) is 0 Å². The first-order chi connectivity index (χ1) is 28.6. The highest BCUT2D eigenvalue weighted by Gasteiger charge is 2.63. The number of benzene rings is 2. The van der Waals surface area contributed by atoms with Crippen molar-refractivity contribution in [3.05, 3.63) is 71.8 Å². The maximum atomic E-state index is 12.8. The number of aliphatic hydroxyl groups excluding tert-OH is 1. The summed E-state index contributed by atoms with van der Waals surface area (Å²) in [5.41, 5.74) is 2.81. The zero-order valence-corrected chi connectivity index (χ0v) is 40.2. The van der Waals surface area contributed by atoms with E-state index >= 15 is 0 Å². The van der Waals surface area contributed by atoms with Gasteiger partial charge >= 0.3 is 28.8 Å². The molecule has 0 radical (unpaired) electrons. The molecule has 0 heterocycles. The van der Waals surface area contributed by atoms with Gasteiger partial charge in [0.2, 0.25) is 11.3 Å². The van der Waals surface area contributed by atoms with Crippen LogP contribution in [-0.2, 0) is 47.7 Å². The van der Waals surface area contributed by atoms with Crippen LogP contribution in [0.2, 0.25) is 0 Å². The Morgan fingerprint density at radius 3 is 1.14 bits per heavy atom. The molecule has 0 aromatic heterocycles. The molecule has 2 rings (SSSR count). The largest absolute Gasteiger partial charge is 0.743 e. The predicted octanol–water partition coefficient (Wildman–Crippen LogP) is 8.64. The first-order valence-corrected chi connectivity index (χ1v) is 22.7. The predicted molar refractivity (Wildman–Crippen MR) is 221 cm³/mol. The third kappa shape index (κ3) is 34.4. The van der Waals surface area contributed by atoms with Crippen molar-refractivity contribution in [2.24, 2.45) is 0 Å². The van der Waals surface area contributed by atoms with Crippen molar-refractivity contribution in [3.8, 4) is 0 Å². The molecular formula is C35H49Cl5F10N2O10S2. The van der Waals surface area contributed by atoms with E-state index in [1.54, 1.807) is 0 Å². The molecule has 0 spiro atoms. The Morgan fingerprint density at radius 2 is 0.938 bits per heavy atom. The van der Waals surface area contributed by atoms with Crippen molar-refractivity contribution in [1.29, 1.82) is 0 Å². The summed E-state index contributed by atoms with van der Waals surface area (Å²) < 4.78 is 185. The quantitative estimate of drug-likeness (QED) is 0.0454. The Hall–Kier alpha value is -1.97. The van der Waals surface area contributed by atoms with Crippen molar-refractivity contribution in [1.82, 2.24) is 0 Å². The molecule has 29 heteroatoms. The van der Waals surface area contributed by atoms with E-state index in [-0.39, 0.29) is 22.9 Å². The summed E-state index contributed by atoms with van der Waals surface area (Å²) in [5, 5.41) is -3.91. The fourth-order valence-corrected chi connectivity index (χ4v) is 4.91. The zero-order chi connectivity index (χ0) is 51.6. The third-order valence-corrected chi connectivity index (χ3v) is 8.66. The van der Waals surface area contributed by atoms with Gasteiger partial charge in [-0.3, -0.25) is 9.59 Å². The maximum absolute atomic E-state index is 12.8. The summed E-state index contributed by atoms with van der Waals surface area (Å²) in [6, 6.07) is 21.1. The summed E-state index contributed by atoms with van der Waals surface area (Å²) in [4.78, 5) is 20.7. The number of hydrogen-bond acceptors (Lipinski definition) is 10. The van der Waals surface area contributed by atoms with Crippen LogP contribution >= 0.6 is 58.0 Å². The lowest BCUT2D eigenvalue weighted by Crippen LogP contribution is -2.52. The van der Waals surface area contributed by atoms with Gasteiger partial charge in [0.25, 0.3) is 6.10 Å². The topological polar surface area (TPSA) is 178 Å². The van der Waals surface area contributed by atoms with E-state index in [4.69, 9.17) is 63.1 Å². The number of halogens is 15. The van der Waals surface area contributed by atoms with Crippen LogP contribution in [0.25, 0.3) is 0 Å². The standard InChI is InChI=1S/2C10H16N.C7H8ClF5O5S.C4H6Cl2O.C3H3F5O4S.CH2Cl2/c2*1-11(2,3)9-10-7-5-4-6-8-10;8-3-1-2-4(14)18-5(6(9,10)11)7(12,13)19(15,16)17;5-3-1-2-4(6)7;4-2(5,6)1(9)3(7,8)13(10,11)12;2-1-3/h2*4-8H,9H2,1-3H3;5H,1-3H2,(H,15,16,17);1-3H2;1,9H,(H,10,11,12);1H2/q2*+1;;;;/p-2. The molecule has 0 amide bonds. The molecule has 12 nitrogen and oxygen atoms in total. The molecule has 64 heavy (non-hydrogen) atoms. The molecule has 0 aliphatic heterocycles. The number of aliphatic hydroxyl groups is 1. The Kier molecular flexibility index (Phi) is 33.4. The van der Waals surface area contributed by atoms with E-state index < -0.39 is 67.7 Å². The maximum Gasteiger partial charge on any atom is 0.432 e. The molecule has 0 bridgehead atoms. The van der Waals surface area contributed by atoms with Gasteiger partial charge in [-0.05, 0) is 24.4 Å². The SMILES string of the molecule is C[N+](C)(C)Cc1ccccc1.C[N+](C)(C)Cc1ccccc1.ClCCl.O=C(CCCCl)OC(C(F)(F)F)C(F)(F)S(=O)(=O)[O-].O=C(Cl)CCCCl.O=S(=O)([O-])C(F)(F)C(O)C(F)(F)F. The number of alkyl halides is 14. The number of carbonyl (C=O) groups excluding carboxylic acids is 2. The number of esters is 1. The van der Waals surface area contributed by atoms with Crippen LogP contribution in [0.1, 0.15) is 36.8 Å². The average molecular weight is 1090 g/mol. The molecule has 0 saturated carbocycles. The van der Waals surface area contributed by atoms with Gasteiger partial charge < -0.3 is 27.9 Å². The lowest BCUT2D eigenvalue weighted by atomic mass is 10.2. The number of quaternary nitrogens is 2. The minimum Gasteiger partial charge on any atom is -0.743 e. The second kappa shape index (κ2) is 31.1. The average Bonchev–Trinajstić information content (AvgIpc) is 3.11. The molecule has 0 saturated heterocycles. The number of hydrogen-bond donors (Lipinski definition) is 1. The number of carbonyl (C=O) groups is 2. The molecule has 0 aliphatic rings. The van der Waals surface area contributed by atoms with Crippen LogP contribution in [-0.4, -0.2) is 146 Å². The molecular weight excluding hydrogens is 1040 g/mol. The fraction of sp³-hybridized carbons (Fsp3) is 0.600. The summed E-state index contributed by atoms with van der Waals surface area (Å²) in [6.45, 7) is 2.20. The van der Waals surface area contributed by atoms with Gasteiger partial charge in [0.1, 0.15) is 13.1 Å². The normalized spacial score (nSPS) is 13.2. The van der Waals surface area contributed by atoms with Crippen molar-refractivity contribution in [2.75, 3.05) is 59.4 Å². The molecule has 1 N–H and O–H groups in total. The molecule has 2 aromatic rings. The first-order valence-electron chi connectivity index (χ1n) is 17.4. The van der Waals surface area contributed by atoms with Crippen molar-refractivity contribution in [2.45, 2.75) is 73.8 Å². The Bertz CT molecular complexity index is 1760. The van der Waals surface area contributed by atoms with Gasteiger partial charge in [-0.15, -0.1) is 46.4 Å². The highest BCUT2D eigenvalue weighted by atomic mass is 35.5. The van der Waals surface area contributed by atoms with E-state index in [2.05, 4.69) is 108 Å². The minimum absolute atomic E-state index is 0.151. The number of rotatable bonds is 15. The summed E-state index contributed by atoms with van der Waals surface area (Å²) >= 11 is 24.8. The third-order valence-electron chi connectivity index (χ3n) is 6.17. The van der Waals surface area contributed by atoms with Gasteiger partial charge in [0.15, 0.2) is 20.2 Å². The summed E-state index contributed by atoms with van der Waals surface area (Å²) in [7, 11) is 0.0128. The highest BCUT2D eigenvalue weighted by molar-refractivity contribution is 7.87. The Morgan fingerprint density at radius 1 is 0.625 bits per heavy atom. The molecule has 0 aliphatic carbocycles. The zero-order valence-electron chi connectivity index (χ0n) is 34.8. The van der Waals surface area contributed by atoms with Crippen LogP contribution in [0.5, 0.6) is 0 Å². The van der Waals surface area contributed by atoms with E-state index in [0.717, 1.165) is 22.1 Å². The van der Waals surface area contributed by atoms with Gasteiger partial charge in [-0.1, -0.05) is 60.7 Å². The van der Waals surface area contributed by atoms with Crippen LogP contribution in [0.3, 0.4) is 0 Å². The van der Waals surface area contributed by atoms with Gasteiger partial charge in [-0.2, -0.15) is 43.9 Å². The minimum atomic E-state index is -6.66. The van der Waals surface area contributed by atoms with E-state index in [1.165, 1.54) is 11.1 Å². The second-order valence-corrected chi connectivity index (χ2v) is 19.2. The molecule has 2 atom stereocenters. The van der Waals surface area contributed by atoms with E-state index in [9.17, 15) is 79.4 Å². The molecule has 376 valence electrons. The van der Waals surface area contributed by atoms with Crippen LogP contribution in [0.4, 0.5) is 43.9 Å². The Balaban J connectivity index is -0.000000357. The van der Waals surface area contributed by atoms with Gasteiger partial charge in [0, 0.05) is 35.7 Å². The van der Waals surface area contributed by atoms with E-state index in [1.807, 2.05) is 0 Å². The van der Waals surface area contributed by atoms with Crippen molar-refractivity contribution >= 4 is 89.5 Å². The smallest absolute Gasteiger partial charge is 0.432 e. The fourth-order valence-electron chi connectivity index (χ4n) is 3.65. The summed E-state index contributed by atoms with van der Waals surface area (Å²) in [6.07, 6.45) is -20.5. The monoisotopic (exact) mass is 1090 g/mol. The van der Waals surface area contributed by atoms with E-state index in [0.29, 0.717) is 18.7 Å². The van der Waals surface area contributed by atoms with Crippen LogP contribution in [0.15, 0.2) is 60.7 Å². The lowest BCUT2D eigenvalue weighted by molar-refractivity contribution is -0.884. The molecule has 2 unspecified atom stereocenters. The second-order valence-electron chi connectivity index (χ2n) is 14.3. The number of ether oxygens (including phenoxy) is 1.